The van der Waals surface area contributed by atoms with Gasteiger partial charge in [0.15, 0.2) is 5.96 Å². The van der Waals surface area contributed by atoms with E-state index in [1.165, 1.54) is 0 Å². The molecule has 0 aromatic heterocycles. The molecule has 0 unspecified atom stereocenters. The molecule has 0 spiro atoms. The molecular formula is C22H31ClIN5O2. The summed E-state index contributed by atoms with van der Waals surface area (Å²) in [6, 6.07) is 13.5. The van der Waals surface area contributed by atoms with Crippen molar-refractivity contribution in [1.29, 1.82) is 0 Å². The van der Waals surface area contributed by atoms with Crippen molar-refractivity contribution in [2.75, 3.05) is 63.7 Å². The van der Waals surface area contributed by atoms with Gasteiger partial charge in [0.05, 0.1) is 30.6 Å². The minimum Gasteiger partial charge on any atom is -0.497 e. The minimum atomic E-state index is 0. The molecule has 0 aliphatic carbocycles. The van der Waals surface area contributed by atoms with Gasteiger partial charge in [-0.3, -0.25) is 9.89 Å². The Bertz CT molecular complexity index is 860. The van der Waals surface area contributed by atoms with Gasteiger partial charge in [0.1, 0.15) is 11.5 Å². The Labute approximate surface area is 206 Å². The van der Waals surface area contributed by atoms with Gasteiger partial charge in [-0.2, -0.15) is 0 Å². The van der Waals surface area contributed by atoms with Gasteiger partial charge in [-0.1, -0.05) is 23.7 Å². The molecule has 3 rings (SSSR count). The standard InChI is InChI=1S/C22H30ClN5O2.HI/c1-29-17-8-9-21(30-2)19(16-17)26-22(24)25-10-5-11-27-12-14-28(15-13-27)20-7-4-3-6-18(20)23;/h3-4,6-9,16H,5,10-15H2,1-2H3,(H3,24,25,26);1H. The maximum atomic E-state index is 6.32. The van der Waals surface area contributed by atoms with Gasteiger partial charge in [-0.15, -0.1) is 24.0 Å². The Kier molecular flexibility index (Phi) is 10.5. The minimum absolute atomic E-state index is 0. The van der Waals surface area contributed by atoms with Gasteiger partial charge in [0.2, 0.25) is 0 Å². The molecule has 0 radical (unpaired) electrons. The molecule has 0 amide bonds. The fourth-order valence-electron chi connectivity index (χ4n) is 3.50. The second-order valence-corrected chi connectivity index (χ2v) is 7.50. The Balaban J connectivity index is 0.00000341. The number of halogens is 2. The Morgan fingerprint density at radius 3 is 2.52 bits per heavy atom. The number of piperazine rings is 1. The maximum absolute atomic E-state index is 6.32. The predicted octanol–water partition coefficient (Wildman–Crippen LogP) is 3.91. The Morgan fingerprint density at radius 1 is 1.10 bits per heavy atom. The summed E-state index contributed by atoms with van der Waals surface area (Å²) in [6.45, 7) is 5.65. The monoisotopic (exact) mass is 559 g/mol. The van der Waals surface area contributed by atoms with Crippen molar-refractivity contribution in [3.63, 3.8) is 0 Å². The first-order valence-corrected chi connectivity index (χ1v) is 10.5. The van der Waals surface area contributed by atoms with Gasteiger partial charge in [0.25, 0.3) is 0 Å². The van der Waals surface area contributed by atoms with Crippen LogP contribution in [0.4, 0.5) is 11.4 Å². The van der Waals surface area contributed by atoms with Crippen molar-refractivity contribution in [2.24, 2.45) is 10.7 Å². The Hall–Kier alpha value is -1.91. The number of ether oxygens (including phenoxy) is 2. The summed E-state index contributed by atoms with van der Waals surface area (Å²) in [5.74, 6) is 1.78. The largest absolute Gasteiger partial charge is 0.497 e. The van der Waals surface area contributed by atoms with E-state index in [0.717, 1.165) is 61.3 Å². The third-order valence-electron chi connectivity index (χ3n) is 5.15. The first-order chi connectivity index (χ1) is 14.6. The van der Waals surface area contributed by atoms with Crippen LogP contribution in [0, 0.1) is 0 Å². The number of benzene rings is 2. The highest BCUT2D eigenvalue weighted by atomic mass is 127. The van der Waals surface area contributed by atoms with E-state index in [1.807, 2.05) is 36.4 Å². The van der Waals surface area contributed by atoms with E-state index in [1.54, 1.807) is 14.2 Å². The lowest BCUT2D eigenvalue weighted by Crippen LogP contribution is -2.46. The molecule has 1 aliphatic rings. The number of hydrogen-bond donors (Lipinski definition) is 2. The molecule has 9 heteroatoms. The summed E-state index contributed by atoms with van der Waals surface area (Å²) >= 11 is 6.32. The highest BCUT2D eigenvalue weighted by Gasteiger charge is 2.18. The average molecular weight is 560 g/mol. The van der Waals surface area contributed by atoms with Crippen LogP contribution in [0.1, 0.15) is 6.42 Å². The number of nitrogens with zero attached hydrogens (tertiary/aromatic N) is 3. The molecule has 1 aliphatic heterocycles. The van der Waals surface area contributed by atoms with Gasteiger partial charge >= 0.3 is 0 Å². The number of guanidine groups is 1. The van der Waals surface area contributed by atoms with Gasteiger partial charge in [-0.25, -0.2) is 0 Å². The topological polar surface area (TPSA) is 75.3 Å². The smallest absolute Gasteiger partial charge is 0.193 e. The molecule has 0 bridgehead atoms. The number of para-hydroxylation sites is 1. The lowest BCUT2D eigenvalue weighted by Gasteiger charge is -2.36. The molecule has 170 valence electrons. The zero-order valence-electron chi connectivity index (χ0n) is 18.0. The summed E-state index contributed by atoms with van der Waals surface area (Å²) in [7, 11) is 3.24. The second kappa shape index (κ2) is 12.8. The molecule has 0 atom stereocenters. The van der Waals surface area contributed by atoms with E-state index >= 15 is 0 Å². The fraction of sp³-hybridized carbons (Fsp3) is 0.409. The molecule has 2 aromatic carbocycles. The van der Waals surface area contributed by atoms with Crippen LogP contribution >= 0.6 is 35.6 Å². The molecule has 0 saturated carbocycles. The second-order valence-electron chi connectivity index (χ2n) is 7.09. The van der Waals surface area contributed by atoms with Crippen molar-refractivity contribution in [3.8, 4) is 11.5 Å². The van der Waals surface area contributed by atoms with E-state index in [-0.39, 0.29) is 24.0 Å². The lowest BCUT2D eigenvalue weighted by molar-refractivity contribution is 0.256. The van der Waals surface area contributed by atoms with Crippen molar-refractivity contribution in [2.45, 2.75) is 6.42 Å². The lowest BCUT2D eigenvalue weighted by atomic mass is 10.2. The average Bonchev–Trinajstić information content (AvgIpc) is 2.77. The summed E-state index contributed by atoms with van der Waals surface area (Å²) in [5, 5.41) is 3.91. The highest BCUT2D eigenvalue weighted by Crippen LogP contribution is 2.28. The SMILES string of the molecule is COc1ccc(OC)c(NC(N)=NCCCN2CCN(c3ccccc3Cl)CC2)c1.I. The Morgan fingerprint density at radius 2 is 1.84 bits per heavy atom. The molecule has 1 saturated heterocycles. The summed E-state index contributed by atoms with van der Waals surface area (Å²) in [5.41, 5.74) is 7.90. The number of rotatable bonds is 8. The van der Waals surface area contributed by atoms with E-state index in [9.17, 15) is 0 Å². The summed E-state index contributed by atoms with van der Waals surface area (Å²) in [4.78, 5) is 9.24. The van der Waals surface area contributed by atoms with Crippen LogP contribution < -0.4 is 25.4 Å². The molecular weight excluding hydrogens is 529 g/mol. The van der Waals surface area contributed by atoms with E-state index in [2.05, 4.69) is 26.2 Å². The molecule has 3 N–H and O–H groups in total. The number of anilines is 2. The van der Waals surface area contributed by atoms with Crippen LogP contribution in [0.5, 0.6) is 11.5 Å². The van der Waals surface area contributed by atoms with Gasteiger partial charge in [0, 0.05) is 45.3 Å². The van der Waals surface area contributed by atoms with Crippen molar-refractivity contribution >= 4 is 52.9 Å². The van der Waals surface area contributed by atoms with Crippen LogP contribution in [-0.2, 0) is 0 Å². The quantitative estimate of drug-likeness (QED) is 0.221. The van der Waals surface area contributed by atoms with E-state index in [4.69, 9.17) is 26.8 Å². The number of nitrogens with two attached hydrogens (primary N) is 1. The number of aliphatic imine (C=N–C) groups is 1. The number of hydrogen-bond acceptors (Lipinski definition) is 5. The van der Waals surface area contributed by atoms with Crippen LogP contribution in [0.3, 0.4) is 0 Å². The molecule has 2 aromatic rings. The van der Waals surface area contributed by atoms with Crippen LogP contribution in [0.25, 0.3) is 0 Å². The molecule has 31 heavy (non-hydrogen) atoms. The number of nitrogens with one attached hydrogen (secondary N) is 1. The normalized spacial score (nSPS) is 14.7. The van der Waals surface area contributed by atoms with Crippen LogP contribution in [0.2, 0.25) is 5.02 Å². The fourth-order valence-corrected chi connectivity index (χ4v) is 3.76. The predicted molar refractivity (Wildman–Crippen MR) is 140 cm³/mol. The molecule has 7 nitrogen and oxygen atoms in total. The van der Waals surface area contributed by atoms with E-state index < -0.39 is 0 Å². The van der Waals surface area contributed by atoms with Gasteiger partial charge in [-0.05, 0) is 30.7 Å². The van der Waals surface area contributed by atoms with Gasteiger partial charge < -0.3 is 25.4 Å². The highest BCUT2D eigenvalue weighted by molar-refractivity contribution is 14.0. The van der Waals surface area contributed by atoms with Crippen LogP contribution in [0.15, 0.2) is 47.5 Å². The van der Waals surface area contributed by atoms with Crippen LogP contribution in [-0.4, -0.2) is 64.3 Å². The van der Waals surface area contributed by atoms with Crippen molar-refractivity contribution in [3.05, 3.63) is 47.5 Å². The van der Waals surface area contributed by atoms with E-state index in [0.29, 0.717) is 18.3 Å². The zero-order valence-corrected chi connectivity index (χ0v) is 21.1. The first-order valence-electron chi connectivity index (χ1n) is 10.1. The van der Waals surface area contributed by atoms with Crippen molar-refractivity contribution < 1.29 is 9.47 Å². The molecule has 1 fully saturated rings. The third kappa shape index (κ3) is 7.33. The molecule has 1 heterocycles. The zero-order chi connectivity index (χ0) is 21.3. The number of methoxy groups -OCH3 is 2. The maximum Gasteiger partial charge on any atom is 0.193 e. The third-order valence-corrected chi connectivity index (χ3v) is 5.47. The summed E-state index contributed by atoms with van der Waals surface area (Å²) in [6.07, 6.45) is 0.948. The summed E-state index contributed by atoms with van der Waals surface area (Å²) < 4.78 is 10.6. The first kappa shape index (κ1) is 25.4. The van der Waals surface area contributed by atoms with Crippen molar-refractivity contribution in [1.82, 2.24) is 4.90 Å².